The highest BCUT2D eigenvalue weighted by molar-refractivity contribution is 6.31. The summed E-state index contributed by atoms with van der Waals surface area (Å²) in [6, 6.07) is 4.21. The molecule has 1 aromatic carbocycles. The Morgan fingerprint density at radius 1 is 1.21 bits per heavy atom. The SMILES string of the molecule is C=CC(=O)Nc1cc(Nc2ncc(Cl)c(OC3CN(C(C)=O)C3)n2)c(OC)cc1N1CCC(N(C)C)CC1. The Balaban J connectivity index is 1.58. The summed E-state index contributed by atoms with van der Waals surface area (Å²) in [7, 11) is 5.78. The zero-order valence-corrected chi connectivity index (χ0v) is 22.9. The van der Waals surface area contributed by atoms with Gasteiger partial charge in [0.2, 0.25) is 23.6 Å². The molecule has 2 fully saturated rings. The molecule has 0 aliphatic carbocycles. The molecule has 2 aliphatic rings. The van der Waals surface area contributed by atoms with Gasteiger partial charge in [0, 0.05) is 32.1 Å². The number of nitrogens with zero attached hydrogens (tertiary/aromatic N) is 5. The van der Waals surface area contributed by atoms with Crippen LogP contribution in [0.15, 0.2) is 31.0 Å². The molecule has 0 bridgehead atoms. The Labute approximate surface area is 227 Å². The number of aromatic nitrogens is 2. The van der Waals surface area contributed by atoms with Crippen LogP contribution in [0.3, 0.4) is 0 Å². The molecule has 0 saturated carbocycles. The van der Waals surface area contributed by atoms with Crippen LogP contribution in [0.5, 0.6) is 11.6 Å². The van der Waals surface area contributed by atoms with Gasteiger partial charge in [-0.1, -0.05) is 18.2 Å². The van der Waals surface area contributed by atoms with Crippen molar-refractivity contribution in [2.45, 2.75) is 31.9 Å². The summed E-state index contributed by atoms with van der Waals surface area (Å²) in [4.78, 5) is 38.6. The topological polar surface area (TPSA) is 112 Å². The number of hydrogen-bond acceptors (Lipinski definition) is 9. The number of likely N-dealkylation sites (tertiary alicyclic amines) is 1. The number of carbonyl (C=O) groups excluding carboxylic acids is 2. The Bertz CT molecular complexity index is 1190. The lowest BCUT2D eigenvalue weighted by molar-refractivity contribution is -0.137. The molecule has 4 rings (SSSR count). The second-order valence-electron chi connectivity index (χ2n) is 9.58. The Morgan fingerprint density at radius 3 is 2.53 bits per heavy atom. The molecule has 0 radical (unpaired) electrons. The summed E-state index contributed by atoms with van der Waals surface area (Å²) in [5.74, 6) is 0.702. The van der Waals surface area contributed by atoms with Crippen molar-refractivity contribution in [2.75, 3.05) is 62.9 Å². The lowest BCUT2D eigenvalue weighted by Crippen LogP contribution is -2.55. The van der Waals surface area contributed by atoms with Crippen molar-refractivity contribution < 1.29 is 19.1 Å². The maximum absolute atomic E-state index is 12.3. The van der Waals surface area contributed by atoms with Crippen LogP contribution in [0.4, 0.5) is 23.0 Å². The first kappa shape index (κ1) is 27.5. The highest BCUT2D eigenvalue weighted by Crippen LogP contribution is 2.39. The van der Waals surface area contributed by atoms with Crippen LogP contribution in [0, 0.1) is 0 Å². The van der Waals surface area contributed by atoms with E-state index in [1.807, 2.05) is 6.07 Å². The van der Waals surface area contributed by atoms with Crippen molar-refractivity contribution >= 4 is 46.4 Å². The van der Waals surface area contributed by atoms with E-state index < -0.39 is 0 Å². The number of methoxy groups -OCH3 is 1. The van der Waals surface area contributed by atoms with Crippen LogP contribution >= 0.6 is 11.6 Å². The average Bonchev–Trinajstić information content (AvgIpc) is 2.87. The van der Waals surface area contributed by atoms with E-state index >= 15 is 0 Å². The van der Waals surface area contributed by atoms with Gasteiger partial charge >= 0.3 is 0 Å². The molecule has 0 atom stereocenters. The fraction of sp³-hybridized carbons (Fsp3) is 0.462. The molecule has 1 aromatic heterocycles. The number of anilines is 4. The molecular weight excluding hydrogens is 510 g/mol. The third-order valence-corrected chi connectivity index (χ3v) is 7.09. The van der Waals surface area contributed by atoms with Gasteiger partial charge in [-0.15, -0.1) is 0 Å². The number of ether oxygens (including phenoxy) is 2. The molecule has 11 nitrogen and oxygen atoms in total. The van der Waals surface area contributed by atoms with Crippen molar-refractivity contribution in [3.8, 4) is 11.6 Å². The standard InChI is InChI=1S/C26H34ClN7O4/c1-6-24(36)29-20-11-21(23(37-5)12-22(20)33-9-7-17(8-10-33)32(3)4)30-26-28-13-19(27)25(31-26)38-18-14-34(15-18)16(2)35/h6,11-13,17-18H,1,7-10,14-15H2,2-5H3,(H,29,36)(H,28,30,31). The number of carbonyl (C=O) groups is 2. The molecule has 38 heavy (non-hydrogen) atoms. The van der Waals surface area contributed by atoms with Gasteiger partial charge in [-0.2, -0.15) is 4.98 Å². The van der Waals surface area contributed by atoms with Gasteiger partial charge in [-0.3, -0.25) is 9.59 Å². The number of nitrogens with one attached hydrogen (secondary N) is 2. The summed E-state index contributed by atoms with van der Waals surface area (Å²) < 4.78 is 11.6. The van der Waals surface area contributed by atoms with Gasteiger partial charge in [-0.25, -0.2) is 4.98 Å². The molecule has 2 N–H and O–H groups in total. The van der Waals surface area contributed by atoms with Crippen molar-refractivity contribution in [3.05, 3.63) is 36.0 Å². The Kier molecular flexibility index (Phi) is 8.58. The van der Waals surface area contributed by atoms with Gasteiger partial charge < -0.3 is 34.8 Å². The molecular formula is C26H34ClN7O4. The number of amides is 2. The summed E-state index contributed by atoms with van der Waals surface area (Å²) >= 11 is 6.27. The van der Waals surface area contributed by atoms with E-state index in [9.17, 15) is 9.59 Å². The van der Waals surface area contributed by atoms with Gasteiger partial charge in [0.25, 0.3) is 0 Å². The first-order valence-corrected chi connectivity index (χ1v) is 12.8. The first-order valence-electron chi connectivity index (χ1n) is 12.5. The van der Waals surface area contributed by atoms with Crippen LogP contribution in [-0.4, -0.2) is 91.1 Å². The van der Waals surface area contributed by atoms with Crippen molar-refractivity contribution in [3.63, 3.8) is 0 Å². The smallest absolute Gasteiger partial charge is 0.247 e. The van der Waals surface area contributed by atoms with Gasteiger partial charge in [-0.05, 0) is 39.1 Å². The average molecular weight is 544 g/mol. The summed E-state index contributed by atoms with van der Waals surface area (Å²) in [6.07, 6.45) is 4.52. The first-order chi connectivity index (χ1) is 18.2. The van der Waals surface area contributed by atoms with E-state index in [4.69, 9.17) is 21.1 Å². The molecule has 204 valence electrons. The van der Waals surface area contributed by atoms with Crippen LogP contribution in [0.1, 0.15) is 19.8 Å². The normalized spacial score (nSPS) is 16.2. The van der Waals surface area contributed by atoms with Crippen LogP contribution in [0.25, 0.3) is 0 Å². The number of hydrogen-bond donors (Lipinski definition) is 2. The maximum Gasteiger partial charge on any atom is 0.247 e. The zero-order valence-electron chi connectivity index (χ0n) is 22.2. The highest BCUT2D eigenvalue weighted by Gasteiger charge is 2.31. The predicted octanol–water partition coefficient (Wildman–Crippen LogP) is 3.15. The van der Waals surface area contributed by atoms with Gasteiger partial charge in [0.15, 0.2) is 0 Å². The Morgan fingerprint density at radius 2 is 1.92 bits per heavy atom. The monoisotopic (exact) mass is 543 g/mol. The van der Waals surface area contributed by atoms with Crippen molar-refractivity contribution in [1.29, 1.82) is 0 Å². The summed E-state index contributed by atoms with van der Waals surface area (Å²) in [6.45, 7) is 7.75. The maximum atomic E-state index is 12.3. The minimum Gasteiger partial charge on any atom is -0.494 e. The van der Waals surface area contributed by atoms with Gasteiger partial charge in [0.05, 0.1) is 43.5 Å². The van der Waals surface area contributed by atoms with Crippen LogP contribution < -0.4 is 25.0 Å². The summed E-state index contributed by atoms with van der Waals surface area (Å²) in [5.41, 5.74) is 2.03. The van der Waals surface area contributed by atoms with E-state index in [1.54, 1.807) is 18.1 Å². The molecule has 2 saturated heterocycles. The lowest BCUT2D eigenvalue weighted by atomic mass is 10.0. The summed E-state index contributed by atoms with van der Waals surface area (Å²) in [5, 5.41) is 6.34. The number of halogens is 1. The van der Waals surface area contributed by atoms with E-state index in [0.717, 1.165) is 31.6 Å². The molecule has 3 heterocycles. The third-order valence-electron chi connectivity index (χ3n) is 6.83. The molecule has 2 aromatic rings. The number of rotatable bonds is 9. The predicted molar refractivity (Wildman–Crippen MR) is 148 cm³/mol. The largest absolute Gasteiger partial charge is 0.494 e. The fourth-order valence-electron chi connectivity index (χ4n) is 4.55. The second-order valence-corrected chi connectivity index (χ2v) is 9.99. The van der Waals surface area contributed by atoms with E-state index in [2.05, 4.69) is 51.1 Å². The third kappa shape index (κ3) is 6.28. The second kappa shape index (κ2) is 11.9. The minimum atomic E-state index is -0.316. The fourth-order valence-corrected chi connectivity index (χ4v) is 4.68. The van der Waals surface area contributed by atoms with E-state index in [1.165, 1.54) is 19.2 Å². The van der Waals surface area contributed by atoms with E-state index in [0.29, 0.717) is 36.3 Å². The van der Waals surface area contributed by atoms with Gasteiger partial charge in [0.1, 0.15) is 16.9 Å². The van der Waals surface area contributed by atoms with Crippen molar-refractivity contribution in [1.82, 2.24) is 19.8 Å². The molecule has 12 heteroatoms. The van der Waals surface area contributed by atoms with Crippen molar-refractivity contribution in [2.24, 2.45) is 0 Å². The number of piperidine rings is 1. The molecule has 2 aliphatic heterocycles. The molecule has 0 spiro atoms. The van der Waals surface area contributed by atoms with E-state index in [-0.39, 0.29) is 34.8 Å². The minimum absolute atomic E-state index is 0.00190. The Hall–Kier alpha value is -3.57. The zero-order chi connectivity index (χ0) is 27.4. The van der Waals surface area contributed by atoms with Crippen LogP contribution in [0.2, 0.25) is 5.02 Å². The van der Waals surface area contributed by atoms with Crippen LogP contribution in [-0.2, 0) is 9.59 Å². The highest BCUT2D eigenvalue weighted by atomic mass is 35.5. The lowest BCUT2D eigenvalue weighted by Gasteiger charge is -2.38. The molecule has 2 amide bonds. The number of benzene rings is 1. The molecule has 0 unspecified atom stereocenters. The quantitative estimate of drug-likeness (QED) is 0.460.